The van der Waals surface area contributed by atoms with Gasteiger partial charge in [0, 0.05) is 6.54 Å². The zero-order valence-electron chi connectivity index (χ0n) is 13.3. The number of ether oxygens (including phenoxy) is 2. The number of hydrogen-bond donors (Lipinski definition) is 2. The van der Waals surface area contributed by atoms with Crippen LogP contribution in [-0.2, 0) is 4.74 Å². The summed E-state index contributed by atoms with van der Waals surface area (Å²) >= 11 is 0. The van der Waals surface area contributed by atoms with E-state index in [1.165, 1.54) is 0 Å². The maximum atomic E-state index is 12.2. The second-order valence-electron chi connectivity index (χ2n) is 6.42. The minimum Gasteiger partial charge on any atom is -0.491 e. The molecule has 1 aromatic carbocycles. The maximum Gasteiger partial charge on any atom is 0.410 e. The third-order valence-corrected chi connectivity index (χ3v) is 3.43. The molecule has 1 saturated heterocycles. The molecule has 0 aromatic heterocycles. The zero-order chi connectivity index (χ0) is 16.2. The van der Waals surface area contributed by atoms with E-state index in [4.69, 9.17) is 14.7 Å². The Morgan fingerprint density at radius 1 is 1.36 bits per heavy atom. The molecule has 2 rings (SSSR count). The van der Waals surface area contributed by atoms with Crippen molar-refractivity contribution in [3.05, 3.63) is 24.3 Å². The van der Waals surface area contributed by atoms with Crippen molar-refractivity contribution >= 4 is 11.8 Å². The quantitative estimate of drug-likeness (QED) is 0.835. The van der Waals surface area contributed by atoms with Gasteiger partial charge in [-0.05, 0) is 57.9 Å². The molecule has 0 bridgehead atoms. The van der Waals surface area contributed by atoms with Gasteiger partial charge in [-0.25, -0.2) is 4.79 Å². The monoisotopic (exact) mass is 308 g/mol. The summed E-state index contributed by atoms with van der Waals surface area (Å²) in [5.41, 5.74) is 2.18. The van der Waals surface area contributed by atoms with Gasteiger partial charge in [0.05, 0.1) is 11.7 Å². The number of amides is 1. The first kappa shape index (κ1) is 16.4. The third-order valence-electron chi connectivity index (χ3n) is 3.43. The fourth-order valence-corrected chi connectivity index (χ4v) is 2.39. The van der Waals surface area contributed by atoms with Crippen LogP contribution in [0.4, 0.5) is 10.5 Å². The SMILES string of the molecule is CC(C)(C)OC(=O)N1CCC[C@H]1COc1ccc(NO)cc1. The first-order chi connectivity index (χ1) is 10.4. The molecule has 0 aliphatic carbocycles. The average Bonchev–Trinajstić information content (AvgIpc) is 2.92. The zero-order valence-corrected chi connectivity index (χ0v) is 13.3. The second-order valence-corrected chi connectivity index (χ2v) is 6.42. The lowest BCUT2D eigenvalue weighted by molar-refractivity contribution is 0.0187. The Balaban J connectivity index is 1.89. The number of carbonyl (C=O) groups is 1. The predicted octanol–water partition coefficient (Wildman–Crippen LogP) is 3.27. The Morgan fingerprint density at radius 3 is 2.64 bits per heavy atom. The van der Waals surface area contributed by atoms with Crippen molar-refractivity contribution in [2.75, 3.05) is 18.6 Å². The summed E-state index contributed by atoms with van der Waals surface area (Å²) in [6, 6.07) is 7.01. The Kier molecular flexibility index (Phi) is 5.13. The molecule has 0 saturated carbocycles. The second kappa shape index (κ2) is 6.87. The molecule has 1 aliphatic rings. The van der Waals surface area contributed by atoms with E-state index >= 15 is 0 Å². The molecule has 0 radical (unpaired) electrons. The van der Waals surface area contributed by atoms with Crippen LogP contribution in [0.1, 0.15) is 33.6 Å². The minimum absolute atomic E-state index is 0.0329. The van der Waals surface area contributed by atoms with E-state index in [2.05, 4.69) is 5.48 Å². The van der Waals surface area contributed by atoms with Crippen LogP contribution in [0, 0.1) is 0 Å². The smallest absolute Gasteiger partial charge is 0.410 e. The fourth-order valence-electron chi connectivity index (χ4n) is 2.39. The van der Waals surface area contributed by atoms with E-state index in [1.807, 2.05) is 20.8 Å². The molecule has 1 aromatic rings. The topological polar surface area (TPSA) is 71.0 Å². The van der Waals surface area contributed by atoms with Crippen LogP contribution in [0.5, 0.6) is 5.75 Å². The lowest BCUT2D eigenvalue weighted by Gasteiger charge is -2.28. The van der Waals surface area contributed by atoms with Crippen molar-refractivity contribution in [2.24, 2.45) is 0 Å². The highest BCUT2D eigenvalue weighted by atomic mass is 16.6. The molecule has 1 fully saturated rings. The van der Waals surface area contributed by atoms with Gasteiger partial charge in [0.15, 0.2) is 0 Å². The highest BCUT2D eigenvalue weighted by Crippen LogP contribution is 2.22. The summed E-state index contributed by atoms with van der Waals surface area (Å²) in [5, 5.41) is 8.77. The van der Waals surface area contributed by atoms with Gasteiger partial charge in [0.2, 0.25) is 0 Å². The van der Waals surface area contributed by atoms with Gasteiger partial charge in [0.1, 0.15) is 18.0 Å². The van der Waals surface area contributed by atoms with Crippen LogP contribution in [0.2, 0.25) is 0 Å². The summed E-state index contributed by atoms with van der Waals surface area (Å²) in [7, 11) is 0. The molecule has 1 atom stereocenters. The number of nitrogens with one attached hydrogen (secondary N) is 1. The number of hydrogen-bond acceptors (Lipinski definition) is 5. The third kappa shape index (κ3) is 4.53. The number of rotatable bonds is 4. The van der Waals surface area contributed by atoms with Gasteiger partial charge in [-0.15, -0.1) is 0 Å². The van der Waals surface area contributed by atoms with Crippen LogP contribution in [-0.4, -0.2) is 41.0 Å². The maximum absolute atomic E-state index is 12.2. The molecule has 6 heteroatoms. The van der Waals surface area contributed by atoms with E-state index in [9.17, 15) is 4.79 Å². The van der Waals surface area contributed by atoms with Crippen LogP contribution in [0.25, 0.3) is 0 Å². The van der Waals surface area contributed by atoms with Gasteiger partial charge in [-0.3, -0.25) is 10.7 Å². The Labute approximate surface area is 131 Å². The Bertz CT molecular complexity index is 496. The molecule has 122 valence electrons. The summed E-state index contributed by atoms with van der Waals surface area (Å²) in [6.45, 7) is 6.73. The molecule has 0 unspecified atom stereocenters. The van der Waals surface area contributed by atoms with Crippen LogP contribution < -0.4 is 10.2 Å². The molecule has 1 amide bonds. The number of likely N-dealkylation sites (tertiary alicyclic amines) is 1. The van der Waals surface area contributed by atoms with E-state index in [1.54, 1.807) is 29.2 Å². The van der Waals surface area contributed by atoms with Crippen molar-refractivity contribution in [3.63, 3.8) is 0 Å². The van der Waals surface area contributed by atoms with Crippen molar-refractivity contribution in [2.45, 2.75) is 45.3 Å². The van der Waals surface area contributed by atoms with Crippen molar-refractivity contribution < 1.29 is 19.5 Å². The van der Waals surface area contributed by atoms with Crippen molar-refractivity contribution in [3.8, 4) is 5.75 Å². The van der Waals surface area contributed by atoms with Crippen molar-refractivity contribution in [1.82, 2.24) is 4.90 Å². The number of benzene rings is 1. The lowest BCUT2D eigenvalue weighted by atomic mass is 10.2. The summed E-state index contributed by atoms with van der Waals surface area (Å²) in [6.07, 6.45) is 1.59. The van der Waals surface area contributed by atoms with Gasteiger partial charge in [-0.2, -0.15) is 0 Å². The molecule has 6 nitrogen and oxygen atoms in total. The number of nitrogens with zero attached hydrogens (tertiary/aromatic N) is 1. The lowest BCUT2D eigenvalue weighted by Crippen LogP contribution is -2.42. The standard InChI is InChI=1S/C16H24N2O4/c1-16(2,3)22-15(19)18-10-4-5-13(18)11-21-14-8-6-12(17-20)7-9-14/h6-9,13,17,20H,4-5,10-11H2,1-3H3/t13-/m0/s1. The van der Waals surface area contributed by atoms with Gasteiger partial charge in [0.25, 0.3) is 0 Å². The predicted molar refractivity (Wildman–Crippen MR) is 83.3 cm³/mol. The van der Waals surface area contributed by atoms with Crippen LogP contribution in [0.15, 0.2) is 24.3 Å². The van der Waals surface area contributed by atoms with Crippen LogP contribution in [0.3, 0.4) is 0 Å². The summed E-state index contributed by atoms with van der Waals surface area (Å²) < 4.78 is 11.2. The summed E-state index contributed by atoms with van der Waals surface area (Å²) in [5.74, 6) is 0.704. The molecule has 22 heavy (non-hydrogen) atoms. The molecule has 2 N–H and O–H groups in total. The molecule has 1 heterocycles. The normalized spacial score (nSPS) is 18.2. The summed E-state index contributed by atoms with van der Waals surface area (Å²) in [4.78, 5) is 13.9. The van der Waals surface area contributed by atoms with Crippen LogP contribution >= 0.6 is 0 Å². The molecular weight excluding hydrogens is 284 g/mol. The first-order valence-electron chi connectivity index (χ1n) is 7.51. The average molecular weight is 308 g/mol. The van der Waals surface area contributed by atoms with E-state index < -0.39 is 5.60 Å². The number of carbonyl (C=O) groups excluding carboxylic acids is 1. The molecular formula is C16H24N2O4. The highest BCUT2D eigenvalue weighted by Gasteiger charge is 2.32. The van der Waals surface area contributed by atoms with E-state index in [0.717, 1.165) is 12.8 Å². The highest BCUT2D eigenvalue weighted by molar-refractivity contribution is 5.69. The van der Waals surface area contributed by atoms with E-state index in [-0.39, 0.29) is 12.1 Å². The van der Waals surface area contributed by atoms with Crippen molar-refractivity contribution in [1.29, 1.82) is 0 Å². The van der Waals surface area contributed by atoms with Gasteiger partial charge < -0.3 is 14.4 Å². The molecule has 0 spiro atoms. The first-order valence-corrected chi connectivity index (χ1v) is 7.51. The van der Waals surface area contributed by atoms with E-state index in [0.29, 0.717) is 24.6 Å². The largest absolute Gasteiger partial charge is 0.491 e. The van der Waals surface area contributed by atoms with Gasteiger partial charge >= 0.3 is 6.09 Å². The number of anilines is 1. The Morgan fingerprint density at radius 2 is 2.05 bits per heavy atom. The minimum atomic E-state index is -0.488. The Hall–Kier alpha value is -1.95. The molecule has 1 aliphatic heterocycles. The fraction of sp³-hybridized carbons (Fsp3) is 0.562. The van der Waals surface area contributed by atoms with Gasteiger partial charge in [-0.1, -0.05) is 0 Å².